The summed E-state index contributed by atoms with van der Waals surface area (Å²) in [4.78, 5) is 68.1. The second-order valence-corrected chi connectivity index (χ2v) is 8.69. The lowest BCUT2D eigenvalue weighted by Crippen LogP contribution is -2.58. The number of nitrogens with one attached hydrogen (secondary N) is 4. The van der Waals surface area contributed by atoms with E-state index < -0.39 is 66.4 Å². The van der Waals surface area contributed by atoms with Gasteiger partial charge >= 0.3 is 11.9 Å². The van der Waals surface area contributed by atoms with Crippen LogP contribution in [0.5, 0.6) is 0 Å². The molecule has 5 unspecified atom stereocenters. The largest absolute Gasteiger partial charge is 0.481 e. The van der Waals surface area contributed by atoms with Crippen molar-refractivity contribution in [3.63, 3.8) is 0 Å². The van der Waals surface area contributed by atoms with E-state index in [9.17, 15) is 34.2 Å². The van der Waals surface area contributed by atoms with Crippen LogP contribution in [0.2, 0.25) is 0 Å². The van der Waals surface area contributed by atoms with Gasteiger partial charge in [0.15, 0.2) is 0 Å². The highest BCUT2D eigenvalue weighted by molar-refractivity contribution is 5.94. The van der Waals surface area contributed by atoms with Crippen molar-refractivity contribution in [1.82, 2.24) is 25.9 Å². The Hall–Kier alpha value is -4.30. The lowest BCUT2D eigenvalue weighted by atomic mass is 10.0. The number of aliphatic carboxylic acids is 2. The van der Waals surface area contributed by atoms with Gasteiger partial charge in [0.25, 0.3) is 0 Å². The number of aromatic nitrogens is 2. The number of aliphatic hydroxyl groups is 1. The van der Waals surface area contributed by atoms with E-state index in [1.54, 1.807) is 30.3 Å². The van der Waals surface area contributed by atoms with Crippen LogP contribution in [0.1, 0.15) is 31.0 Å². The van der Waals surface area contributed by atoms with Crippen molar-refractivity contribution in [3.05, 3.63) is 54.1 Å². The molecular formula is C24H32N6O8. The number of aromatic amines is 1. The molecule has 0 aliphatic rings. The molecule has 38 heavy (non-hydrogen) atoms. The average Bonchev–Trinajstić information content (AvgIpc) is 3.38. The van der Waals surface area contributed by atoms with Crippen molar-refractivity contribution in [2.24, 2.45) is 5.73 Å². The molecular weight excluding hydrogens is 500 g/mol. The Morgan fingerprint density at radius 1 is 0.921 bits per heavy atom. The molecule has 2 rings (SSSR count). The number of nitrogens with zero attached hydrogens (tertiary/aromatic N) is 1. The van der Waals surface area contributed by atoms with Crippen molar-refractivity contribution in [1.29, 1.82) is 0 Å². The minimum absolute atomic E-state index is 0.0262. The van der Waals surface area contributed by atoms with Gasteiger partial charge in [-0.25, -0.2) is 9.78 Å². The predicted octanol–water partition coefficient (Wildman–Crippen LogP) is -1.69. The minimum atomic E-state index is -1.39. The van der Waals surface area contributed by atoms with E-state index in [4.69, 9.17) is 10.8 Å². The number of aliphatic hydroxyl groups excluding tert-OH is 1. The van der Waals surface area contributed by atoms with Crippen LogP contribution in [0.4, 0.5) is 0 Å². The highest BCUT2D eigenvalue weighted by Crippen LogP contribution is 2.08. The molecule has 0 aliphatic heterocycles. The number of carbonyl (C=O) groups excluding carboxylic acids is 3. The van der Waals surface area contributed by atoms with E-state index in [1.165, 1.54) is 19.4 Å². The van der Waals surface area contributed by atoms with E-state index in [0.29, 0.717) is 11.3 Å². The lowest BCUT2D eigenvalue weighted by Gasteiger charge is -2.25. The number of benzene rings is 1. The Morgan fingerprint density at radius 2 is 1.53 bits per heavy atom. The molecule has 5 atom stereocenters. The van der Waals surface area contributed by atoms with Gasteiger partial charge in [0, 0.05) is 31.2 Å². The maximum atomic E-state index is 13.2. The van der Waals surface area contributed by atoms with Crippen LogP contribution in [0, 0.1) is 0 Å². The van der Waals surface area contributed by atoms with Gasteiger partial charge in [-0.1, -0.05) is 30.3 Å². The van der Waals surface area contributed by atoms with Crippen molar-refractivity contribution in [2.75, 3.05) is 0 Å². The fraction of sp³-hybridized carbons (Fsp3) is 0.417. The van der Waals surface area contributed by atoms with Gasteiger partial charge in [-0.2, -0.15) is 0 Å². The first kappa shape index (κ1) is 29.9. The summed E-state index contributed by atoms with van der Waals surface area (Å²) in [7, 11) is 0. The van der Waals surface area contributed by atoms with Crippen LogP contribution in [-0.2, 0) is 36.8 Å². The maximum Gasteiger partial charge on any atom is 0.326 e. The number of amides is 3. The van der Waals surface area contributed by atoms with E-state index in [2.05, 4.69) is 25.9 Å². The fourth-order valence-electron chi connectivity index (χ4n) is 3.44. The molecule has 1 aromatic carbocycles. The summed E-state index contributed by atoms with van der Waals surface area (Å²) >= 11 is 0. The standard InChI is InChI=1S/C24H32N6O8/c1-13(31)20(25)23(36)28-16(7-8-19(32)33)21(34)29-17(9-14-5-3-2-4-6-14)22(35)30-18(24(37)38)10-15-11-26-12-27-15/h2-6,11-13,16-18,20,31H,7-10,25H2,1H3,(H,26,27)(H,28,36)(H,29,34)(H,30,35)(H,32,33)(H,37,38). The molecule has 206 valence electrons. The fourth-order valence-corrected chi connectivity index (χ4v) is 3.44. The molecule has 0 spiro atoms. The molecule has 1 heterocycles. The lowest BCUT2D eigenvalue weighted by molar-refractivity contribution is -0.142. The Kier molecular flexibility index (Phi) is 11.4. The second-order valence-electron chi connectivity index (χ2n) is 8.69. The van der Waals surface area contributed by atoms with Crippen LogP contribution in [-0.4, -0.2) is 85.2 Å². The van der Waals surface area contributed by atoms with Crippen LogP contribution in [0.3, 0.4) is 0 Å². The summed E-state index contributed by atoms with van der Waals surface area (Å²) in [5.74, 6) is -5.11. The highest BCUT2D eigenvalue weighted by Gasteiger charge is 2.31. The van der Waals surface area contributed by atoms with Crippen molar-refractivity contribution < 1.29 is 39.3 Å². The Balaban J connectivity index is 2.25. The van der Waals surface area contributed by atoms with Gasteiger partial charge < -0.3 is 42.0 Å². The molecule has 3 amide bonds. The molecule has 9 N–H and O–H groups in total. The number of carboxylic acids is 2. The number of carbonyl (C=O) groups is 5. The van der Waals surface area contributed by atoms with Crippen LogP contribution < -0.4 is 21.7 Å². The zero-order chi connectivity index (χ0) is 28.2. The van der Waals surface area contributed by atoms with Gasteiger partial charge in [-0.15, -0.1) is 0 Å². The zero-order valence-corrected chi connectivity index (χ0v) is 20.7. The number of H-pyrrole nitrogens is 1. The van der Waals surface area contributed by atoms with Crippen molar-refractivity contribution in [2.45, 2.75) is 62.9 Å². The molecule has 0 aliphatic carbocycles. The van der Waals surface area contributed by atoms with Crippen molar-refractivity contribution in [3.8, 4) is 0 Å². The number of nitrogens with two attached hydrogens (primary N) is 1. The number of carboxylic acid groups (broad SMARTS) is 2. The number of rotatable bonds is 15. The monoisotopic (exact) mass is 532 g/mol. The predicted molar refractivity (Wildman–Crippen MR) is 132 cm³/mol. The molecule has 0 radical (unpaired) electrons. The first-order chi connectivity index (χ1) is 18.0. The topological polar surface area (TPSA) is 237 Å². The summed E-state index contributed by atoms with van der Waals surface area (Å²) in [5, 5.41) is 35.5. The molecule has 1 aromatic heterocycles. The Labute approximate surface area is 218 Å². The highest BCUT2D eigenvalue weighted by atomic mass is 16.4. The SMILES string of the molecule is CC(O)C(N)C(=O)NC(CCC(=O)O)C(=O)NC(Cc1ccccc1)C(=O)NC(Cc1cnc[nH]1)C(=O)O. The van der Waals surface area contributed by atoms with Gasteiger partial charge in [0.05, 0.1) is 12.4 Å². The first-order valence-corrected chi connectivity index (χ1v) is 11.8. The Bertz CT molecular complexity index is 1090. The summed E-state index contributed by atoms with van der Waals surface area (Å²) in [6.45, 7) is 1.28. The Morgan fingerprint density at radius 3 is 2.08 bits per heavy atom. The maximum absolute atomic E-state index is 13.2. The van der Waals surface area contributed by atoms with Gasteiger partial charge in [0.2, 0.25) is 17.7 Å². The van der Waals surface area contributed by atoms with Crippen LogP contribution in [0.25, 0.3) is 0 Å². The van der Waals surface area contributed by atoms with Gasteiger partial charge in [0.1, 0.15) is 24.2 Å². The molecule has 0 fully saturated rings. The molecule has 14 nitrogen and oxygen atoms in total. The normalized spacial score (nSPS) is 14.8. The van der Waals surface area contributed by atoms with Gasteiger partial charge in [-0.3, -0.25) is 19.2 Å². The van der Waals surface area contributed by atoms with Crippen LogP contribution in [0.15, 0.2) is 42.9 Å². The number of hydrogen-bond donors (Lipinski definition) is 8. The molecule has 0 saturated heterocycles. The molecule has 0 bridgehead atoms. The number of imidazole rings is 1. The summed E-state index contributed by atoms with van der Waals surface area (Å²) in [6.07, 6.45) is 0.614. The van der Waals surface area contributed by atoms with E-state index >= 15 is 0 Å². The third-order valence-electron chi connectivity index (χ3n) is 5.61. The molecule has 2 aromatic rings. The van der Waals surface area contributed by atoms with E-state index in [0.717, 1.165) is 0 Å². The summed E-state index contributed by atoms with van der Waals surface area (Å²) in [5.41, 5.74) is 6.73. The minimum Gasteiger partial charge on any atom is -0.481 e. The third-order valence-corrected chi connectivity index (χ3v) is 5.61. The van der Waals surface area contributed by atoms with Crippen LogP contribution >= 0.6 is 0 Å². The average molecular weight is 533 g/mol. The quantitative estimate of drug-likeness (QED) is 0.129. The smallest absolute Gasteiger partial charge is 0.326 e. The summed E-state index contributed by atoms with van der Waals surface area (Å²) in [6, 6.07) is 3.22. The van der Waals surface area contributed by atoms with E-state index in [1.807, 2.05) is 0 Å². The van der Waals surface area contributed by atoms with E-state index in [-0.39, 0.29) is 19.3 Å². The number of hydrogen-bond acceptors (Lipinski definition) is 8. The molecule has 0 saturated carbocycles. The zero-order valence-electron chi connectivity index (χ0n) is 20.7. The van der Waals surface area contributed by atoms with Gasteiger partial charge in [-0.05, 0) is 18.9 Å². The second kappa shape index (κ2) is 14.4. The first-order valence-electron chi connectivity index (χ1n) is 11.8. The summed E-state index contributed by atoms with van der Waals surface area (Å²) < 4.78 is 0. The molecule has 14 heteroatoms. The van der Waals surface area contributed by atoms with Crippen molar-refractivity contribution >= 4 is 29.7 Å². The third kappa shape index (κ3) is 9.63.